The van der Waals surface area contributed by atoms with Crippen LogP contribution in [0.15, 0.2) is 59.4 Å². The first-order valence-corrected chi connectivity index (χ1v) is 9.24. The maximum absolute atomic E-state index is 11.9. The van der Waals surface area contributed by atoms with Gasteiger partial charge in [0.25, 0.3) is 5.56 Å². The van der Waals surface area contributed by atoms with Gasteiger partial charge in [0, 0.05) is 26.1 Å². The molecule has 2 N–H and O–H groups in total. The summed E-state index contributed by atoms with van der Waals surface area (Å²) in [5.41, 5.74) is 11.0. The molecule has 0 saturated carbocycles. The molecule has 3 rings (SSSR count). The first kappa shape index (κ1) is 19.6. The van der Waals surface area contributed by atoms with Gasteiger partial charge in [-0.15, -0.1) is 0 Å². The van der Waals surface area contributed by atoms with Gasteiger partial charge in [-0.25, -0.2) is 4.98 Å². The van der Waals surface area contributed by atoms with Gasteiger partial charge in [-0.1, -0.05) is 60.7 Å². The number of anilines is 1. The fraction of sp³-hybridized carbons (Fsp3) is 0.217. The molecule has 0 spiro atoms. The highest BCUT2D eigenvalue weighted by Crippen LogP contribution is 2.14. The third-order valence-electron chi connectivity index (χ3n) is 4.51. The molecular formula is C23H26N4O. The first-order chi connectivity index (χ1) is 13.4. The Morgan fingerprint density at radius 1 is 1.00 bits per heavy atom. The van der Waals surface area contributed by atoms with Gasteiger partial charge in [0.05, 0.1) is 5.69 Å². The monoisotopic (exact) mass is 374 g/mol. The Bertz CT molecular complexity index is 1030. The molecule has 144 valence electrons. The van der Waals surface area contributed by atoms with Crippen molar-refractivity contribution in [1.82, 2.24) is 14.5 Å². The van der Waals surface area contributed by atoms with Gasteiger partial charge in [-0.3, -0.25) is 9.36 Å². The number of rotatable bonds is 6. The van der Waals surface area contributed by atoms with Crippen molar-refractivity contribution in [2.45, 2.75) is 13.0 Å². The van der Waals surface area contributed by atoms with Crippen molar-refractivity contribution in [2.24, 2.45) is 7.05 Å². The summed E-state index contributed by atoms with van der Waals surface area (Å²) in [4.78, 5) is 18.3. The summed E-state index contributed by atoms with van der Waals surface area (Å²) in [7, 11) is 5.75. The van der Waals surface area contributed by atoms with Crippen LogP contribution in [-0.2, 0) is 20.0 Å². The highest BCUT2D eigenvalue weighted by molar-refractivity contribution is 5.70. The molecule has 0 amide bonds. The average Bonchev–Trinajstić information content (AvgIpc) is 2.65. The normalized spacial score (nSPS) is 11.4. The molecule has 2 aromatic carbocycles. The summed E-state index contributed by atoms with van der Waals surface area (Å²) >= 11 is 0. The first-order valence-electron chi connectivity index (χ1n) is 9.24. The van der Waals surface area contributed by atoms with E-state index in [1.54, 1.807) is 7.05 Å². The molecule has 0 saturated heterocycles. The molecule has 0 radical (unpaired) electrons. The standard InChI is InChI=1S/C23H26N4O/c1-26(2)16-19-11-8-17(9-12-19)7-10-18-5-4-6-20(13-18)14-21-15-22(28)27(3)23(24)25-21/h4-13,15H,14,16H2,1-3H3,(H2,24,25). The Morgan fingerprint density at radius 2 is 1.71 bits per heavy atom. The summed E-state index contributed by atoms with van der Waals surface area (Å²) in [6, 6.07) is 18.3. The predicted molar refractivity (Wildman–Crippen MR) is 116 cm³/mol. The van der Waals surface area contributed by atoms with E-state index in [1.807, 2.05) is 12.1 Å². The van der Waals surface area contributed by atoms with E-state index in [9.17, 15) is 4.79 Å². The number of hydrogen-bond acceptors (Lipinski definition) is 4. The van der Waals surface area contributed by atoms with Gasteiger partial charge in [-0.2, -0.15) is 0 Å². The van der Waals surface area contributed by atoms with E-state index < -0.39 is 0 Å². The molecule has 28 heavy (non-hydrogen) atoms. The molecule has 3 aromatic rings. The van der Waals surface area contributed by atoms with E-state index in [2.05, 4.69) is 72.5 Å². The smallest absolute Gasteiger partial charge is 0.254 e. The molecule has 0 unspecified atom stereocenters. The van der Waals surface area contributed by atoms with Crippen molar-refractivity contribution in [3.63, 3.8) is 0 Å². The predicted octanol–water partition coefficient (Wildman–Crippen LogP) is 3.19. The number of benzene rings is 2. The maximum atomic E-state index is 11.9. The number of hydrogen-bond donors (Lipinski definition) is 1. The summed E-state index contributed by atoms with van der Waals surface area (Å²) < 4.78 is 1.34. The van der Waals surface area contributed by atoms with Crippen LogP contribution in [0.25, 0.3) is 12.2 Å². The molecule has 5 heteroatoms. The second-order valence-corrected chi connectivity index (χ2v) is 7.24. The van der Waals surface area contributed by atoms with Gasteiger partial charge in [-0.05, 0) is 36.3 Å². The lowest BCUT2D eigenvalue weighted by atomic mass is 10.0. The third-order valence-corrected chi connectivity index (χ3v) is 4.51. The minimum absolute atomic E-state index is 0.142. The average molecular weight is 374 g/mol. The van der Waals surface area contributed by atoms with E-state index in [4.69, 9.17) is 5.73 Å². The molecule has 5 nitrogen and oxygen atoms in total. The molecular weight excluding hydrogens is 348 g/mol. The zero-order valence-electron chi connectivity index (χ0n) is 16.6. The number of nitrogen functional groups attached to an aromatic ring is 1. The molecule has 0 bridgehead atoms. The van der Waals surface area contributed by atoms with Gasteiger partial charge in [0.15, 0.2) is 0 Å². The number of aromatic nitrogens is 2. The highest BCUT2D eigenvalue weighted by Gasteiger charge is 2.04. The lowest BCUT2D eigenvalue weighted by Crippen LogP contribution is -2.21. The van der Waals surface area contributed by atoms with Crippen molar-refractivity contribution in [3.8, 4) is 0 Å². The summed E-state index contributed by atoms with van der Waals surface area (Å²) in [5, 5.41) is 0. The zero-order valence-corrected chi connectivity index (χ0v) is 16.6. The maximum Gasteiger partial charge on any atom is 0.254 e. The van der Waals surface area contributed by atoms with Crippen LogP contribution in [-0.4, -0.2) is 28.5 Å². The van der Waals surface area contributed by atoms with Crippen LogP contribution in [0.4, 0.5) is 5.95 Å². The van der Waals surface area contributed by atoms with Crippen molar-refractivity contribution in [1.29, 1.82) is 0 Å². The Morgan fingerprint density at radius 3 is 2.39 bits per heavy atom. The number of nitrogens with two attached hydrogens (primary N) is 1. The van der Waals surface area contributed by atoms with Crippen LogP contribution in [0.2, 0.25) is 0 Å². The van der Waals surface area contributed by atoms with Crippen LogP contribution in [0.5, 0.6) is 0 Å². The second kappa shape index (κ2) is 8.67. The quantitative estimate of drug-likeness (QED) is 0.673. The van der Waals surface area contributed by atoms with Crippen LogP contribution in [0.3, 0.4) is 0 Å². The Labute approximate surface area is 165 Å². The molecule has 1 aromatic heterocycles. The zero-order chi connectivity index (χ0) is 20.1. The van der Waals surface area contributed by atoms with Crippen LogP contribution in [0.1, 0.15) is 27.9 Å². The van der Waals surface area contributed by atoms with E-state index in [0.717, 1.165) is 23.2 Å². The fourth-order valence-corrected chi connectivity index (χ4v) is 3.00. The molecule has 0 fully saturated rings. The summed E-state index contributed by atoms with van der Waals surface area (Å²) in [6.07, 6.45) is 4.77. The highest BCUT2D eigenvalue weighted by atomic mass is 16.1. The van der Waals surface area contributed by atoms with Crippen molar-refractivity contribution >= 4 is 18.1 Å². The van der Waals surface area contributed by atoms with E-state index >= 15 is 0 Å². The van der Waals surface area contributed by atoms with E-state index in [1.165, 1.54) is 16.2 Å². The molecule has 1 heterocycles. The molecule has 0 aliphatic heterocycles. The van der Waals surface area contributed by atoms with Gasteiger partial charge < -0.3 is 10.6 Å². The Balaban J connectivity index is 1.72. The van der Waals surface area contributed by atoms with Crippen molar-refractivity contribution in [3.05, 3.63) is 92.9 Å². The largest absolute Gasteiger partial charge is 0.369 e. The van der Waals surface area contributed by atoms with Crippen LogP contribution in [0, 0.1) is 0 Å². The minimum Gasteiger partial charge on any atom is -0.369 e. The van der Waals surface area contributed by atoms with Crippen LogP contribution < -0.4 is 11.3 Å². The van der Waals surface area contributed by atoms with E-state index in [0.29, 0.717) is 12.1 Å². The number of nitrogens with zero attached hydrogens (tertiary/aromatic N) is 3. The fourth-order valence-electron chi connectivity index (χ4n) is 3.00. The van der Waals surface area contributed by atoms with Crippen molar-refractivity contribution < 1.29 is 0 Å². The molecule has 0 aliphatic rings. The lowest BCUT2D eigenvalue weighted by molar-refractivity contribution is 0.402. The van der Waals surface area contributed by atoms with Gasteiger partial charge in [0.2, 0.25) is 5.95 Å². The van der Waals surface area contributed by atoms with E-state index in [-0.39, 0.29) is 11.5 Å². The van der Waals surface area contributed by atoms with Crippen molar-refractivity contribution in [2.75, 3.05) is 19.8 Å². The SMILES string of the molecule is CN(C)Cc1ccc(C=Cc2cccc(Cc3cc(=O)n(C)c(N)n3)c2)cc1. The summed E-state index contributed by atoms with van der Waals surface area (Å²) in [5.74, 6) is 0.233. The topological polar surface area (TPSA) is 64.2 Å². The third kappa shape index (κ3) is 5.18. The van der Waals surface area contributed by atoms with Crippen LogP contribution >= 0.6 is 0 Å². The minimum atomic E-state index is -0.142. The molecule has 0 atom stereocenters. The Kier molecular flexibility index (Phi) is 6.06. The second-order valence-electron chi connectivity index (χ2n) is 7.24. The van der Waals surface area contributed by atoms with Gasteiger partial charge in [0.1, 0.15) is 0 Å². The van der Waals surface area contributed by atoms with Gasteiger partial charge >= 0.3 is 0 Å². The molecule has 0 aliphatic carbocycles. The summed E-state index contributed by atoms with van der Waals surface area (Å²) in [6.45, 7) is 0.938. The lowest BCUT2D eigenvalue weighted by Gasteiger charge is -2.09. The Hall–Kier alpha value is -3.18.